The van der Waals surface area contributed by atoms with E-state index in [0.717, 1.165) is 23.5 Å². The van der Waals surface area contributed by atoms with Crippen molar-refractivity contribution >= 4 is 0 Å². The Hall–Kier alpha value is -1.80. The molecule has 2 aromatic rings. The molecular formula is C17H20O2. The van der Waals surface area contributed by atoms with Gasteiger partial charge in [-0.1, -0.05) is 37.3 Å². The fraction of sp³-hybridized carbons (Fsp3) is 0.294. The van der Waals surface area contributed by atoms with Crippen molar-refractivity contribution in [3.05, 3.63) is 60.2 Å². The normalized spacial score (nSPS) is 12.1. The van der Waals surface area contributed by atoms with E-state index < -0.39 is 0 Å². The smallest absolute Gasteiger partial charge is 0.127 e. The predicted octanol–water partition coefficient (Wildman–Crippen LogP) is 4.79. The lowest BCUT2D eigenvalue weighted by atomic mass is 10.2. The molecule has 0 N–H and O–H groups in total. The molecule has 2 rings (SSSR count). The zero-order valence-corrected chi connectivity index (χ0v) is 11.5. The summed E-state index contributed by atoms with van der Waals surface area (Å²) in [5, 5.41) is 0. The summed E-state index contributed by atoms with van der Waals surface area (Å²) in [6, 6.07) is 17.8. The van der Waals surface area contributed by atoms with Gasteiger partial charge in [-0.25, -0.2) is 0 Å². The highest BCUT2D eigenvalue weighted by Gasteiger charge is 2.02. The third-order valence-corrected chi connectivity index (χ3v) is 2.99. The van der Waals surface area contributed by atoms with E-state index in [1.165, 1.54) is 0 Å². The summed E-state index contributed by atoms with van der Waals surface area (Å²) < 4.78 is 11.5. The van der Waals surface area contributed by atoms with Crippen molar-refractivity contribution in [3.8, 4) is 11.5 Å². The van der Waals surface area contributed by atoms with E-state index in [9.17, 15) is 0 Å². The first-order chi connectivity index (χ1) is 9.28. The average Bonchev–Trinajstić information content (AvgIpc) is 2.46. The highest BCUT2D eigenvalue weighted by molar-refractivity contribution is 5.33. The average molecular weight is 256 g/mol. The van der Waals surface area contributed by atoms with Gasteiger partial charge in [-0.2, -0.15) is 0 Å². The Morgan fingerprint density at radius 1 is 0.947 bits per heavy atom. The maximum Gasteiger partial charge on any atom is 0.127 e. The van der Waals surface area contributed by atoms with E-state index in [2.05, 4.69) is 19.9 Å². The first kappa shape index (κ1) is 13.6. The number of hydrogen-bond acceptors (Lipinski definition) is 2. The molecule has 0 aliphatic carbocycles. The summed E-state index contributed by atoms with van der Waals surface area (Å²) in [5.41, 5.74) is 1.13. The third-order valence-electron chi connectivity index (χ3n) is 2.99. The fourth-order valence-corrected chi connectivity index (χ4v) is 1.68. The standard InChI is InChI=1S/C17H20O2/c1-3-14(2)18-13-15-8-7-11-17(12-15)19-16-9-5-4-6-10-16/h4-12,14H,3,13H2,1-2H3. The molecule has 1 unspecified atom stereocenters. The Balaban J connectivity index is 1.99. The minimum atomic E-state index is 0.290. The molecule has 0 radical (unpaired) electrons. The van der Waals surface area contributed by atoms with Crippen LogP contribution in [0.5, 0.6) is 11.5 Å². The minimum Gasteiger partial charge on any atom is -0.457 e. The molecule has 0 aliphatic heterocycles. The van der Waals surface area contributed by atoms with Crippen molar-refractivity contribution in [1.82, 2.24) is 0 Å². The molecule has 0 saturated carbocycles. The number of para-hydroxylation sites is 1. The molecule has 2 heteroatoms. The van der Waals surface area contributed by atoms with Gasteiger partial charge < -0.3 is 9.47 Å². The van der Waals surface area contributed by atoms with Gasteiger partial charge in [-0.15, -0.1) is 0 Å². The summed E-state index contributed by atoms with van der Waals surface area (Å²) in [5.74, 6) is 1.69. The Morgan fingerprint density at radius 2 is 1.68 bits per heavy atom. The van der Waals surface area contributed by atoms with E-state index >= 15 is 0 Å². The van der Waals surface area contributed by atoms with Crippen molar-refractivity contribution < 1.29 is 9.47 Å². The van der Waals surface area contributed by atoms with Gasteiger partial charge in [0, 0.05) is 0 Å². The topological polar surface area (TPSA) is 18.5 Å². The number of benzene rings is 2. The number of hydrogen-bond donors (Lipinski definition) is 0. The minimum absolute atomic E-state index is 0.290. The van der Waals surface area contributed by atoms with Crippen LogP contribution < -0.4 is 4.74 Å². The Labute approximate surface area is 115 Å². The summed E-state index contributed by atoms with van der Waals surface area (Å²) in [6.07, 6.45) is 1.32. The Bertz CT molecular complexity index is 494. The summed E-state index contributed by atoms with van der Waals surface area (Å²) in [4.78, 5) is 0. The van der Waals surface area contributed by atoms with Crippen molar-refractivity contribution in [2.75, 3.05) is 0 Å². The van der Waals surface area contributed by atoms with Crippen molar-refractivity contribution in [1.29, 1.82) is 0 Å². The van der Waals surface area contributed by atoms with Crippen LogP contribution in [-0.4, -0.2) is 6.10 Å². The lowest BCUT2D eigenvalue weighted by Crippen LogP contribution is -2.05. The van der Waals surface area contributed by atoms with Gasteiger partial charge >= 0.3 is 0 Å². The van der Waals surface area contributed by atoms with Crippen LogP contribution in [0.3, 0.4) is 0 Å². The van der Waals surface area contributed by atoms with Gasteiger partial charge in [0.05, 0.1) is 12.7 Å². The third kappa shape index (κ3) is 4.42. The molecule has 19 heavy (non-hydrogen) atoms. The molecule has 1 atom stereocenters. The van der Waals surface area contributed by atoms with Crippen molar-refractivity contribution in [2.24, 2.45) is 0 Å². The van der Waals surface area contributed by atoms with Crippen LogP contribution in [-0.2, 0) is 11.3 Å². The largest absolute Gasteiger partial charge is 0.457 e. The molecular weight excluding hydrogens is 236 g/mol. The molecule has 100 valence electrons. The summed E-state index contributed by atoms with van der Waals surface area (Å²) in [6.45, 7) is 4.84. The second-order valence-electron chi connectivity index (χ2n) is 4.59. The SMILES string of the molecule is CCC(C)OCc1cccc(Oc2ccccc2)c1. The monoisotopic (exact) mass is 256 g/mol. The fourth-order valence-electron chi connectivity index (χ4n) is 1.68. The van der Waals surface area contributed by atoms with Gasteiger partial charge in [0.2, 0.25) is 0 Å². The van der Waals surface area contributed by atoms with Crippen LogP contribution in [0.2, 0.25) is 0 Å². The first-order valence-corrected chi connectivity index (χ1v) is 6.71. The van der Waals surface area contributed by atoms with Crippen LogP contribution in [0.4, 0.5) is 0 Å². The van der Waals surface area contributed by atoms with Crippen LogP contribution in [0.15, 0.2) is 54.6 Å². The second-order valence-corrected chi connectivity index (χ2v) is 4.59. The molecule has 0 bridgehead atoms. The van der Waals surface area contributed by atoms with E-state index in [1.54, 1.807) is 0 Å². The van der Waals surface area contributed by atoms with Gasteiger partial charge in [-0.3, -0.25) is 0 Å². The van der Waals surface area contributed by atoms with E-state index in [4.69, 9.17) is 9.47 Å². The van der Waals surface area contributed by atoms with Gasteiger partial charge in [0.1, 0.15) is 11.5 Å². The van der Waals surface area contributed by atoms with Crippen LogP contribution in [0.1, 0.15) is 25.8 Å². The second kappa shape index (κ2) is 6.95. The molecule has 0 saturated heterocycles. The molecule has 2 nitrogen and oxygen atoms in total. The Morgan fingerprint density at radius 3 is 2.42 bits per heavy atom. The summed E-state index contributed by atoms with van der Waals surface area (Å²) >= 11 is 0. The van der Waals surface area contributed by atoms with E-state index in [0.29, 0.717) is 12.7 Å². The lowest BCUT2D eigenvalue weighted by Gasteiger charge is -2.11. The van der Waals surface area contributed by atoms with Gasteiger partial charge in [0.15, 0.2) is 0 Å². The quantitative estimate of drug-likeness (QED) is 0.739. The van der Waals surface area contributed by atoms with E-state index in [-0.39, 0.29) is 0 Å². The van der Waals surface area contributed by atoms with Crippen LogP contribution in [0, 0.1) is 0 Å². The first-order valence-electron chi connectivity index (χ1n) is 6.71. The maximum absolute atomic E-state index is 5.80. The van der Waals surface area contributed by atoms with Gasteiger partial charge in [-0.05, 0) is 43.2 Å². The van der Waals surface area contributed by atoms with Gasteiger partial charge in [0.25, 0.3) is 0 Å². The molecule has 0 fully saturated rings. The molecule has 2 aromatic carbocycles. The van der Waals surface area contributed by atoms with Crippen LogP contribution in [0.25, 0.3) is 0 Å². The summed E-state index contributed by atoms with van der Waals surface area (Å²) in [7, 11) is 0. The van der Waals surface area contributed by atoms with Crippen molar-refractivity contribution in [2.45, 2.75) is 33.0 Å². The lowest BCUT2D eigenvalue weighted by molar-refractivity contribution is 0.0508. The molecule has 0 heterocycles. The molecule has 0 aliphatic rings. The number of ether oxygens (including phenoxy) is 2. The predicted molar refractivity (Wildman–Crippen MR) is 77.5 cm³/mol. The zero-order chi connectivity index (χ0) is 13.5. The maximum atomic E-state index is 5.80. The van der Waals surface area contributed by atoms with E-state index in [1.807, 2.05) is 48.5 Å². The molecule has 0 aromatic heterocycles. The van der Waals surface area contributed by atoms with Crippen LogP contribution >= 0.6 is 0 Å². The highest BCUT2D eigenvalue weighted by Crippen LogP contribution is 2.22. The Kier molecular flexibility index (Phi) is 4.99. The zero-order valence-electron chi connectivity index (χ0n) is 11.5. The molecule has 0 amide bonds. The number of rotatable bonds is 6. The van der Waals surface area contributed by atoms with Crippen molar-refractivity contribution in [3.63, 3.8) is 0 Å². The highest BCUT2D eigenvalue weighted by atomic mass is 16.5. The molecule has 0 spiro atoms.